The number of fused-ring (bicyclic) bond motifs is 1. The number of aldehydes is 1. The maximum atomic E-state index is 11.0. The van der Waals surface area contributed by atoms with Crippen molar-refractivity contribution in [3.8, 4) is 17.0 Å². The minimum atomic E-state index is -0.504. The molecule has 1 unspecified atom stereocenters. The highest BCUT2D eigenvalue weighted by Crippen LogP contribution is 2.32. The van der Waals surface area contributed by atoms with Gasteiger partial charge in [0.25, 0.3) is 0 Å². The molecule has 40 heavy (non-hydrogen) atoms. The summed E-state index contributed by atoms with van der Waals surface area (Å²) < 4.78 is 8.15. The number of carbonyl (C=O) groups excluding carboxylic acids is 1. The summed E-state index contributed by atoms with van der Waals surface area (Å²) in [5.41, 5.74) is 5.59. The van der Waals surface area contributed by atoms with Crippen LogP contribution in [-0.4, -0.2) is 76.4 Å². The fourth-order valence-corrected chi connectivity index (χ4v) is 5.71. The molecule has 0 aliphatic carbocycles. The Labute approximate surface area is 251 Å². The lowest BCUT2D eigenvalue weighted by Gasteiger charge is -2.33. The number of carbonyl (C=O) groups is 1. The SMILES string of the molecule is CC=O.Cc1cc(-c2nn(CC(O)CN3CCC(Oc4ccc(Cl)c(Cl)c4)CC3)c3c2CN(C)CC3)ccc1Cl. The highest BCUT2D eigenvalue weighted by molar-refractivity contribution is 6.42. The van der Waals surface area contributed by atoms with Crippen molar-refractivity contribution < 1.29 is 14.6 Å². The standard InChI is InChI=1S/C28H33Cl3N4O2.C2H4O/c1-18-13-19(3-5-24(18)29)28-23-17-33(2)10-9-27(23)35(32-28)16-20(36)15-34-11-7-21(8-12-34)37-22-4-6-25(30)26(31)14-22;1-2-3/h3-6,13-14,20-21,36H,7-12,15-17H2,1-2H3;2H,1H3. The fraction of sp³-hybridized carbons (Fsp3) is 0.467. The van der Waals surface area contributed by atoms with Gasteiger partial charge in [-0.15, -0.1) is 0 Å². The average molecular weight is 608 g/mol. The van der Waals surface area contributed by atoms with Crippen LogP contribution in [0.3, 0.4) is 0 Å². The lowest BCUT2D eigenvalue weighted by Crippen LogP contribution is -2.43. The summed E-state index contributed by atoms with van der Waals surface area (Å²) in [6, 6.07) is 11.5. The predicted octanol–water partition coefficient (Wildman–Crippen LogP) is 5.92. The number of halogens is 3. The van der Waals surface area contributed by atoms with Crippen molar-refractivity contribution in [2.24, 2.45) is 0 Å². The Kier molecular flexibility index (Phi) is 10.9. The molecule has 3 aromatic rings. The number of piperidine rings is 1. The number of aliphatic hydroxyl groups is 1. The third-order valence-corrected chi connectivity index (χ3v) is 8.50. The molecular weight excluding hydrogens is 571 g/mol. The second kappa shape index (κ2) is 14.2. The number of likely N-dealkylation sites (N-methyl/N-ethyl adjacent to an activating group) is 1. The van der Waals surface area contributed by atoms with Gasteiger partial charge in [-0.25, -0.2) is 0 Å². The molecule has 3 heterocycles. The van der Waals surface area contributed by atoms with E-state index in [4.69, 9.17) is 49.4 Å². The summed E-state index contributed by atoms with van der Waals surface area (Å²) in [7, 11) is 2.14. The molecule has 10 heteroatoms. The first-order valence-electron chi connectivity index (χ1n) is 13.6. The van der Waals surface area contributed by atoms with Crippen molar-refractivity contribution in [1.29, 1.82) is 0 Å². The Morgan fingerprint density at radius 3 is 2.42 bits per heavy atom. The van der Waals surface area contributed by atoms with E-state index in [1.807, 2.05) is 29.8 Å². The van der Waals surface area contributed by atoms with Gasteiger partial charge >= 0.3 is 0 Å². The van der Waals surface area contributed by atoms with Gasteiger partial charge < -0.3 is 24.4 Å². The summed E-state index contributed by atoms with van der Waals surface area (Å²) in [6.45, 7) is 8.15. The maximum absolute atomic E-state index is 11.0. The molecule has 5 rings (SSSR count). The molecule has 1 N–H and O–H groups in total. The number of aliphatic hydroxyl groups excluding tert-OH is 1. The first kappa shape index (κ1) is 30.8. The minimum Gasteiger partial charge on any atom is -0.490 e. The number of aryl methyl sites for hydroxylation is 1. The number of hydrogen-bond acceptors (Lipinski definition) is 6. The number of β-amino-alcohol motifs (C(OH)–C–C–N with tert-alkyl or cyclic N) is 1. The predicted molar refractivity (Wildman–Crippen MR) is 162 cm³/mol. The van der Waals surface area contributed by atoms with E-state index in [9.17, 15) is 5.11 Å². The van der Waals surface area contributed by atoms with E-state index >= 15 is 0 Å². The largest absolute Gasteiger partial charge is 0.490 e. The average Bonchev–Trinajstić information content (AvgIpc) is 3.26. The van der Waals surface area contributed by atoms with Crippen molar-refractivity contribution in [3.05, 3.63) is 68.3 Å². The molecule has 0 amide bonds. The van der Waals surface area contributed by atoms with Crippen LogP contribution in [0.5, 0.6) is 5.75 Å². The van der Waals surface area contributed by atoms with Gasteiger partial charge in [-0.1, -0.05) is 40.9 Å². The number of aromatic nitrogens is 2. The smallest absolute Gasteiger partial charge is 0.121 e. The van der Waals surface area contributed by atoms with Crippen molar-refractivity contribution in [2.75, 3.05) is 33.2 Å². The van der Waals surface area contributed by atoms with Gasteiger partial charge in [0.1, 0.15) is 18.1 Å². The van der Waals surface area contributed by atoms with Crippen molar-refractivity contribution in [3.63, 3.8) is 0 Å². The van der Waals surface area contributed by atoms with Crippen LogP contribution in [0.25, 0.3) is 11.3 Å². The summed E-state index contributed by atoms with van der Waals surface area (Å²) in [5.74, 6) is 0.744. The molecular formula is C30H37Cl3N4O3. The van der Waals surface area contributed by atoms with E-state index in [0.717, 1.165) is 79.3 Å². The molecule has 1 saturated heterocycles. The van der Waals surface area contributed by atoms with Gasteiger partial charge in [0.15, 0.2) is 0 Å². The minimum absolute atomic E-state index is 0.131. The second-order valence-electron chi connectivity index (χ2n) is 10.5. The lowest BCUT2D eigenvalue weighted by atomic mass is 10.00. The zero-order chi connectivity index (χ0) is 28.8. The van der Waals surface area contributed by atoms with Crippen molar-refractivity contribution >= 4 is 41.1 Å². The Hall–Kier alpha value is -2.13. The third-order valence-electron chi connectivity index (χ3n) is 7.34. The fourth-order valence-electron chi connectivity index (χ4n) is 5.31. The van der Waals surface area contributed by atoms with Crippen LogP contribution in [0.15, 0.2) is 36.4 Å². The van der Waals surface area contributed by atoms with Gasteiger partial charge in [-0.05, 0) is 63.6 Å². The van der Waals surface area contributed by atoms with Gasteiger partial charge in [-0.2, -0.15) is 5.10 Å². The molecule has 0 saturated carbocycles. The Bertz CT molecular complexity index is 1310. The number of hydrogen-bond donors (Lipinski definition) is 1. The number of benzene rings is 2. The monoisotopic (exact) mass is 606 g/mol. The highest BCUT2D eigenvalue weighted by Gasteiger charge is 2.27. The molecule has 0 bridgehead atoms. The van der Waals surface area contributed by atoms with E-state index in [2.05, 4.69) is 22.9 Å². The van der Waals surface area contributed by atoms with Crippen LogP contribution in [0, 0.1) is 6.92 Å². The molecule has 2 aromatic carbocycles. The molecule has 1 atom stereocenters. The van der Waals surface area contributed by atoms with E-state index in [-0.39, 0.29) is 6.10 Å². The summed E-state index contributed by atoms with van der Waals surface area (Å²) >= 11 is 18.4. The number of rotatable bonds is 7. The molecule has 1 aromatic heterocycles. The topological polar surface area (TPSA) is 70.8 Å². The highest BCUT2D eigenvalue weighted by atomic mass is 35.5. The van der Waals surface area contributed by atoms with Crippen molar-refractivity contribution in [2.45, 2.75) is 58.4 Å². The van der Waals surface area contributed by atoms with E-state index in [1.165, 1.54) is 18.2 Å². The van der Waals surface area contributed by atoms with Crippen LogP contribution < -0.4 is 4.74 Å². The summed E-state index contributed by atoms with van der Waals surface area (Å²) in [6.07, 6.45) is 3.10. The first-order chi connectivity index (χ1) is 19.2. The molecule has 0 radical (unpaired) electrons. The van der Waals surface area contributed by atoms with Crippen LogP contribution in [0.2, 0.25) is 15.1 Å². The van der Waals surface area contributed by atoms with Gasteiger partial charge in [0, 0.05) is 67.1 Å². The number of ether oxygens (including phenoxy) is 1. The van der Waals surface area contributed by atoms with Gasteiger partial charge in [0.05, 0.1) is 28.4 Å². The quantitative estimate of drug-likeness (QED) is 0.337. The molecule has 216 valence electrons. The Morgan fingerprint density at radius 1 is 1.05 bits per heavy atom. The van der Waals surface area contributed by atoms with Gasteiger partial charge in [-0.3, -0.25) is 4.68 Å². The molecule has 0 spiro atoms. The van der Waals surface area contributed by atoms with Crippen LogP contribution >= 0.6 is 34.8 Å². The number of nitrogens with zero attached hydrogens (tertiary/aromatic N) is 4. The van der Waals surface area contributed by atoms with Crippen molar-refractivity contribution in [1.82, 2.24) is 19.6 Å². The summed E-state index contributed by atoms with van der Waals surface area (Å²) in [4.78, 5) is 13.4. The van der Waals surface area contributed by atoms with Crippen LogP contribution in [0.4, 0.5) is 0 Å². The number of likely N-dealkylation sites (tertiary alicyclic amines) is 1. The third kappa shape index (κ3) is 7.78. The lowest BCUT2D eigenvalue weighted by molar-refractivity contribution is -0.106. The Morgan fingerprint density at radius 2 is 1.75 bits per heavy atom. The molecule has 1 fully saturated rings. The normalized spacial score (nSPS) is 17.1. The zero-order valence-electron chi connectivity index (χ0n) is 23.2. The second-order valence-corrected chi connectivity index (χ2v) is 11.7. The maximum Gasteiger partial charge on any atom is 0.121 e. The van der Waals surface area contributed by atoms with E-state index in [0.29, 0.717) is 23.1 Å². The first-order valence-corrected chi connectivity index (χ1v) is 14.8. The van der Waals surface area contributed by atoms with E-state index in [1.54, 1.807) is 12.1 Å². The molecule has 7 nitrogen and oxygen atoms in total. The zero-order valence-corrected chi connectivity index (χ0v) is 25.5. The summed E-state index contributed by atoms with van der Waals surface area (Å²) in [5, 5.41) is 17.8. The molecule has 2 aliphatic heterocycles. The van der Waals surface area contributed by atoms with Crippen LogP contribution in [-0.2, 0) is 24.3 Å². The van der Waals surface area contributed by atoms with Crippen LogP contribution in [0.1, 0.15) is 36.6 Å². The van der Waals surface area contributed by atoms with E-state index < -0.39 is 6.10 Å². The Balaban J connectivity index is 0.00000118. The molecule has 2 aliphatic rings. The van der Waals surface area contributed by atoms with Gasteiger partial charge in [0.2, 0.25) is 0 Å².